The van der Waals surface area contributed by atoms with E-state index < -0.39 is 37.6 Å². The van der Waals surface area contributed by atoms with Gasteiger partial charge in [0.05, 0.1) is 6.61 Å². The minimum atomic E-state index is -1.64. The number of hydrogen-bond acceptors (Lipinski definition) is 5. The standard InChI is InChI=1S/C10H17FO5/c11-8-9(13)6(5-12)15-10(8)16-7-3-1-2-4-14-7/h6-10,12-13H,1-5H2/t6-,7?,8+,9-,10?/m1/s1. The normalized spacial score (nSPS) is 44.8. The molecule has 2 aliphatic rings. The highest BCUT2D eigenvalue weighted by Crippen LogP contribution is 2.27. The van der Waals surface area contributed by atoms with Gasteiger partial charge in [-0.1, -0.05) is 0 Å². The molecule has 2 unspecified atom stereocenters. The van der Waals surface area contributed by atoms with Crippen LogP contribution in [0.2, 0.25) is 0 Å². The Morgan fingerprint density at radius 3 is 2.75 bits per heavy atom. The van der Waals surface area contributed by atoms with Gasteiger partial charge >= 0.3 is 0 Å². The van der Waals surface area contributed by atoms with Crippen molar-refractivity contribution in [2.75, 3.05) is 13.2 Å². The van der Waals surface area contributed by atoms with Gasteiger partial charge in [-0.05, 0) is 19.3 Å². The molecule has 2 N–H and O–H groups in total. The number of ether oxygens (including phenoxy) is 3. The highest BCUT2D eigenvalue weighted by atomic mass is 19.1. The van der Waals surface area contributed by atoms with Crippen molar-refractivity contribution in [2.24, 2.45) is 0 Å². The molecule has 5 nitrogen and oxygen atoms in total. The molecule has 0 aromatic heterocycles. The summed E-state index contributed by atoms with van der Waals surface area (Å²) in [6.45, 7) is 0.174. The zero-order chi connectivity index (χ0) is 11.5. The van der Waals surface area contributed by atoms with E-state index in [4.69, 9.17) is 19.3 Å². The molecule has 0 spiro atoms. The Hall–Kier alpha value is -0.270. The fourth-order valence-corrected chi connectivity index (χ4v) is 1.92. The number of aliphatic hydroxyl groups is 2. The highest BCUT2D eigenvalue weighted by molar-refractivity contribution is 4.86. The van der Waals surface area contributed by atoms with Gasteiger partial charge < -0.3 is 24.4 Å². The van der Waals surface area contributed by atoms with E-state index in [2.05, 4.69) is 0 Å². The summed E-state index contributed by atoms with van der Waals surface area (Å²) in [7, 11) is 0. The molecular formula is C10H17FO5. The molecular weight excluding hydrogens is 219 g/mol. The van der Waals surface area contributed by atoms with Crippen molar-refractivity contribution in [1.29, 1.82) is 0 Å². The summed E-state index contributed by atoms with van der Waals surface area (Å²) in [4.78, 5) is 0. The van der Waals surface area contributed by atoms with Gasteiger partial charge in [0.25, 0.3) is 0 Å². The van der Waals surface area contributed by atoms with E-state index in [0.717, 1.165) is 12.8 Å². The highest BCUT2D eigenvalue weighted by Gasteiger charge is 2.45. The van der Waals surface area contributed by atoms with E-state index in [1.807, 2.05) is 0 Å². The quantitative estimate of drug-likeness (QED) is 0.719. The van der Waals surface area contributed by atoms with Crippen LogP contribution in [0.3, 0.4) is 0 Å². The topological polar surface area (TPSA) is 68.2 Å². The maximum atomic E-state index is 13.5. The Morgan fingerprint density at radius 1 is 1.38 bits per heavy atom. The Morgan fingerprint density at radius 2 is 2.19 bits per heavy atom. The minimum Gasteiger partial charge on any atom is -0.394 e. The molecule has 6 heteroatoms. The largest absolute Gasteiger partial charge is 0.394 e. The summed E-state index contributed by atoms with van der Waals surface area (Å²) in [5.74, 6) is 0. The predicted octanol–water partition coefficient (Wildman–Crippen LogP) is -0.0542. The van der Waals surface area contributed by atoms with Gasteiger partial charge in [0, 0.05) is 6.61 Å². The van der Waals surface area contributed by atoms with Crippen LogP contribution in [0.15, 0.2) is 0 Å². The van der Waals surface area contributed by atoms with E-state index in [-0.39, 0.29) is 0 Å². The molecule has 5 atom stereocenters. The monoisotopic (exact) mass is 236 g/mol. The molecule has 2 fully saturated rings. The molecule has 2 saturated heterocycles. The maximum absolute atomic E-state index is 13.5. The molecule has 0 radical (unpaired) electrons. The average molecular weight is 236 g/mol. The average Bonchev–Trinajstić information content (AvgIpc) is 2.58. The van der Waals surface area contributed by atoms with Crippen molar-refractivity contribution < 1.29 is 28.8 Å². The summed E-state index contributed by atoms with van der Waals surface area (Å²) in [6.07, 6.45) is -2.85. The fraction of sp³-hybridized carbons (Fsp3) is 1.00. The van der Waals surface area contributed by atoms with Crippen LogP contribution in [0.1, 0.15) is 19.3 Å². The first-order valence-corrected chi connectivity index (χ1v) is 5.58. The van der Waals surface area contributed by atoms with Crippen LogP contribution in [-0.4, -0.2) is 54.4 Å². The first-order valence-electron chi connectivity index (χ1n) is 5.58. The molecule has 94 valence electrons. The molecule has 2 heterocycles. The Labute approximate surface area is 93.1 Å². The molecule has 0 amide bonds. The van der Waals surface area contributed by atoms with Gasteiger partial charge in [-0.25, -0.2) is 4.39 Å². The van der Waals surface area contributed by atoms with Crippen molar-refractivity contribution in [2.45, 2.75) is 50.2 Å². The van der Waals surface area contributed by atoms with Crippen LogP contribution < -0.4 is 0 Å². The lowest BCUT2D eigenvalue weighted by Crippen LogP contribution is -2.34. The summed E-state index contributed by atoms with van der Waals surface area (Å²) in [6, 6.07) is 0. The summed E-state index contributed by atoms with van der Waals surface area (Å²) < 4.78 is 29.1. The molecule has 0 aliphatic carbocycles. The van der Waals surface area contributed by atoms with E-state index in [1.165, 1.54) is 0 Å². The lowest BCUT2D eigenvalue weighted by molar-refractivity contribution is -0.261. The van der Waals surface area contributed by atoms with E-state index in [0.29, 0.717) is 13.0 Å². The van der Waals surface area contributed by atoms with Gasteiger partial charge in [0.1, 0.15) is 12.2 Å². The summed E-state index contributed by atoms with van der Waals surface area (Å²) >= 11 is 0. The van der Waals surface area contributed by atoms with E-state index >= 15 is 0 Å². The summed E-state index contributed by atoms with van der Waals surface area (Å²) in [5.41, 5.74) is 0. The number of hydrogen-bond donors (Lipinski definition) is 2. The number of halogens is 1. The first kappa shape index (κ1) is 12.2. The van der Waals surface area contributed by atoms with Crippen molar-refractivity contribution in [3.05, 3.63) is 0 Å². The third-order valence-corrected chi connectivity index (χ3v) is 2.88. The van der Waals surface area contributed by atoms with Gasteiger partial charge in [-0.3, -0.25) is 0 Å². The third-order valence-electron chi connectivity index (χ3n) is 2.88. The minimum absolute atomic E-state index is 0.424. The number of aliphatic hydroxyl groups excluding tert-OH is 2. The molecule has 0 aromatic carbocycles. The number of rotatable bonds is 3. The Balaban J connectivity index is 1.85. The first-order chi connectivity index (χ1) is 7.72. The van der Waals surface area contributed by atoms with E-state index in [1.54, 1.807) is 0 Å². The van der Waals surface area contributed by atoms with Crippen LogP contribution in [0.5, 0.6) is 0 Å². The second-order valence-corrected chi connectivity index (χ2v) is 4.09. The van der Waals surface area contributed by atoms with Crippen molar-refractivity contribution in [1.82, 2.24) is 0 Å². The fourth-order valence-electron chi connectivity index (χ4n) is 1.92. The predicted molar refractivity (Wildman–Crippen MR) is 51.3 cm³/mol. The lowest BCUT2D eigenvalue weighted by atomic mass is 10.1. The van der Waals surface area contributed by atoms with Gasteiger partial charge in [-0.2, -0.15) is 0 Å². The van der Waals surface area contributed by atoms with E-state index in [9.17, 15) is 9.50 Å². The zero-order valence-corrected chi connectivity index (χ0v) is 8.92. The SMILES string of the molecule is OC[C@H]1OC(OC2CCCCO2)[C@@H](F)[C@@H]1O. The van der Waals surface area contributed by atoms with Crippen LogP contribution in [0.4, 0.5) is 4.39 Å². The van der Waals surface area contributed by atoms with Gasteiger partial charge in [-0.15, -0.1) is 0 Å². The molecule has 2 rings (SSSR count). The summed E-state index contributed by atoms with van der Waals surface area (Å²) in [5, 5.41) is 18.2. The molecule has 0 bridgehead atoms. The molecule has 2 aliphatic heterocycles. The second kappa shape index (κ2) is 5.37. The molecule has 16 heavy (non-hydrogen) atoms. The third kappa shape index (κ3) is 2.52. The molecule has 0 aromatic rings. The van der Waals surface area contributed by atoms with Crippen LogP contribution in [0.25, 0.3) is 0 Å². The van der Waals surface area contributed by atoms with Crippen molar-refractivity contribution >= 4 is 0 Å². The van der Waals surface area contributed by atoms with Gasteiger partial charge in [0.2, 0.25) is 0 Å². The lowest BCUT2D eigenvalue weighted by Gasteiger charge is -2.26. The Kier molecular flexibility index (Phi) is 4.10. The van der Waals surface area contributed by atoms with Crippen LogP contribution in [0, 0.1) is 0 Å². The maximum Gasteiger partial charge on any atom is 0.195 e. The molecule has 0 saturated carbocycles. The van der Waals surface area contributed by atoms with Crippen molar-refractivity contribution in [3.63, 3.8) is 0 Å². The van der Waals surface area contributed by atoms with Crippen LogP contribution >= 0.6 is 0 Å². The zero-order valence-electron chi connectivity index (χ0n) is 8.92. The van der Waals surface area contributed by atoms with Crippen LogP contribution in [-0.2, 0) is 14.2 Å². The number of alkyl halides is 1. The smallest absolute Gasteiger partial charge is 0.195 e. The van der Waals surface area contributed by atoms with Crippen molar-refractivity contribution in [3.8, 4) is 0 Å². The Bertz CT molecular complexity index is 221. The van der Waals surface area contributed by atoms with Gasteiger partial charge in [0.15, 0.2) is 18.8 Å². The second-order valence-electron chi connectivity index (χ2n) is 4.09.